The molecule has 0 saturated carbocycles. The van der Waals surface area contributed by atoms with E-state index in [4.69, 9.17) is 4.74 Å². The third-order valence-corrected chi connectivity index (χ3v) is 6.16. The third kappa shape index (κ3) is 6.42. The first-order valence-corrected chi connectivity index (χ1v) is 11.4. The Morgan fingerprint density at radius 1 is 1.03 bits per heavy atom. The minimum atomic E-state index is -0.675. The number of ether oxygens (including phenoxy) is 1. The number of aryl methyl sites for hydroxylation is 2. The van der Waals surface area contributed by atoms with Gasteiger partial charge in [0.2, 0.25) is 5.91 Å². The smallest absolute Gasteiger partial charge is 0.253 e. The van der Waals surface area contributed by atoms with Crippen molar-refractivity contribution in [3.05, 3.63) is 70.8 Å². The fourth-order valence-electron chi connectivity index (χ4n) is 4.14. The van der Waals surface area contributed by atoms with Gasteiger partial charge in [-0.15, -0.1) is 0 Å². The third-order valence-electron chi connectivity index (χ3n) is 6.16. The van der Waals surface area contributed by atoms with Crippen LogP contribution in [-0.2, 0) is 9.53 Å². The average Bonchev–Trinajstić information content (AvgIpc) is 2.83. The fourth-order valence-corrected chi connectivity index (χ4v) is 4.14. The van der Waals surface area contributed by atoms with Crippen molar-refractivity contribution in [2.45, 2.75) is 32.7 Å². The van der Waals surface area contributed by atoms with Crippen LogP contribution in [0, 0.1) is 19.8 Å². The first-order chi connectivity index (χ1) is 15.9. The summed E-state index contributed by atoms with van der Waals surface area (Å²) in [5.41, 5.74) is 3.18. The highest BCUT2D eigenvalue weighted by Gasteiger charge is 2.34. The van der Waals surface area contributed by atoms with Gasteiger partial charge in [-0.25, -0.2) is 0 Å². The summed E-state index contributed by atoms with van der Waals surface area (Å²) in [6.45, 7) is 5.71. The van der Waals surface area contributed by atoms with Crippen LogP contribution >= 0.6 is 0 Å². The Bertz CT molecular complexity index is 966. The molecule has 2 N–H and O–H groups in total. The van der Waals surface area contributed by atoms with E-state index >= 15 is 0 Å². The minimum absolute atomic E-state index is 0.00140. The van der Waals surface area contributed by atoms with Gasteiger partial charge in [-0.3, -0.25) is 14.4 Å². The number of benzene rings is 2. The highest BCUT2D eigenvalue weighted by molar-refractivity contribution is 5.98. The maximum Gasteiger partial charge on any atom is 0.253 e. The maximum atomic E-state index is 13.0. The Hall–Kier alpha value is -3.19. The molecule has 2 aromatic rings. The molecule has 2 aromatic carbocycles. The molecule has 1 atom stereocenters. The number of methoxy groups -OCH3 is 1. The van der Waals surface area contributed by atoms with Crippen molar-refractivity contribution < 1.29 is 19.1 Å². The molecule has 3 rings (SSSR count). The highest BCUT2D eigenvalue weighted by Crippen LogP contribution is 2.23. The average molecular weight is 452 g/mol. The van der Waals surface area contributed by atoms with Crippen molar-refractivity contribution in [1.29, 1.82) is 0 Å². The molecule has 1 saturated heterocycles. The van der Waals surface area contributed by atoms with Crippen LogP contribution in [0.2, 0.25) is 0 Å². The van der Waals surface area contributed by atoms with Crippen LogP contribution in [-0.4, -0.2) is 62.0 Å². The Kier molecular flexibility index (Phi) is 8.60. The number of carbonyl (C=O) groups is 3. The zero-order valence-electron chi connectivity index (χ0n) is 19.6. The number of nitrogens with zero attached hydrogens (tertiary/aromatic N) is 1. The zero-order valence-corrected chi connectivity index (χ0v) is 19.6. The summed E-state index contributed by atoms with van der Waals surface area (Å²) in [5.74, 6) is -0.559. The minimum Gasteiger partial charge on any atom is -0.383 e. The van der Waals surface area contributed by atoms with Crippen LogP contribution in [0.3, 0.4) is 0 Å². The SMILES string of the molecule is COCCNC(=O)C(NC(=O)c1ccccc1C)C1CCN(C(=O)c2ccc(C)cc2)CC1. The summed E-state index contributed by atoms with van der Waals surface area (Å²) in [5, 5.41) is 5.82. The monoisotopic (exact) mass is 451 g/mol. The normalized spacial score (nSPS) is 15.1. The van der Waals surface area contributed by atoms with Crippen molar-refractivity contribution in [3.8, 4) is 0 Å². The van der Waals surface area contributed by atoms with Gasteiger partial charge in [0.15, 0.2) is 0 Å². The molecular formula is C26H33N3O4. The van der Waals surface area contributed by atoms with Crippen molar-refractivity contribution in [3.63, 3.8) is 0 Å². The van der Waals surface area contributed by atoms with Gasteiger partial charge in [-0.05, 0) is 56.4 Å². The van der Waals surface area contributed by atoms with E-state index < -0.39 is 6.04 Å². The van der Waals surface area contributed by atoms with E-state index in [1.165, 1.54) is 0 Å². The lowest BCUT2D eigenvalue weighted by atomic mass is 9.88. The first-order valence-electron chi connectivity index (χ1n) is 11.4. The molecule has 0 aliphatic carbocycles. The second-order valence-electron chi connectivity index (χ2n) is 8.55. The molecule has 7 heteroatoms. The van der Waals surface area contributed by atoms with Gasteiger partial charge in [0.05, 0.1) is 6.61 Å². The summed E-state index contributed by atoms with van der Waals surface area (Å²) in [4.78, 5) is 40.6. The Balaban J connectivity index is 1.68. The Morgan fingerprint density at radius 2 is 1.70 bits per heavy atom. The van der Waals surface area contributed by atoms with Crippen LogP contribution in [0.1, 0.15) is 44.7 Å². The molecule has 3 amide bonds. The lowest BCUT2D eigenvalue weighted by molar-refractivity contribution is -0.124. The van der Waals surface area contributed by atoms with Gasteiger partial charge in [0, 0.05) is 37.9 Å². The second-order valence-corrected chi connectivity index (χ2v) is 8.55. The second kappa shape index (κ2) is 11.6. The molecule has 1 fully saturated rings. The van der Waals surface area contributed by atoms with E-state index in [0.29, 0.717) is 50.2 Å². The summed E-state index contributed by atoms with van der Waals surface area (Å²) in [6, 6.07) is 14.2. The van der Waals surface area contributed by atoms with Gasteiger partial charge < -0.3 is 20.3 Å². The summed E-state index contributed by atoms with van der Waals surface area (Å²) < 4.78 is 5.03. The largest absolute Gasteiger partial charge is 0.383 e. The molecule has 0 radical (unpaired) electrons. The lowest BCUT2D eigenvalue weighted by Gasteiger charge is -2.36. The summed E-state index contributed by atoms with van der Waals surface area (Å²) in [7, 11) is 1.57. The lowest BCUT2D eigenvalue weighted by Crippen LogP contribution is -2.54. The van der Waals surface area contributed by atoms with Crippen molar-refractivity contribution in [2.24, 2.45) is 5.92 Å². The predicted molar refractivity (Wildman–Crippen MR) is 127 cm³/mol. The van der Waals surface area contributed by atoms with Crippen molar-refractivity contribution >= 4 is 17.7 Å². The Morgan fingerprint density at radius 3 is 2.33 bits per heavy atom. The molecule has 0 spiro atoms. The molecule has 0 aromatic heterocycles. The van der Waals surface area contributed by atoms with Crippen LogP contribution < -0.4 is 10.6 Å². The van der Waals surface area contributed by atoms with E-state index in [2.05, 4.69) is 10.6 Å². The van der Waals surface area contributed by atoms with E-state index in [1.54, 1.807) is 13.2 Å². The molecule has 7 nitrogen and oxygen atoms in total. The van der Waals surface area contributed by atoms with Crippen LogP contribution in [0.25, 0.3) is 0 Å². The van der Waals surface area contributed by atoms with Crippen LogP contribution in [0.5, 0.6) is 0 Å². The number of carbonyl (C=O) groups excluding carboxylic acids is 3. The molecule has 1 unspecified atom stereocenters. The van der Waals surface area contributed by atoms with Gasteiger partial charge in [0.1, 0.15) is 6.04 Å². The molecule has 33 heavy (non-hydrogen) atoms. The van der Waals surface area contributed by atoms with Gasteiger partial charge >= 0.3 is 0 Å². The van der Waals surface area contributed by atoms with E-state index in [0.717, 1.165) is 11.1 Å². The standard InChI is InChI=1S/C26H33N3O4/c1-18-8-10-21(11-9-18)26(32)29-15-12-20(13-16-29)23(25(31)27-14-17-33-3)28-24(30)22-7-5-4-6-19(22)2/h4-11,20,23H,12-17H2,1-3H3,(H,27,31)(H,28,30). The number of hydrogen-bond donors (Lipinski definition) is 2. The number of hydrogen-bond acceptors (Lipinski definition) is 4. The van der Waals surface area contributed by atoms with E-state index in [1.807, 2.05) is 61.2 Å². The molecule has 1 aliphatic rings. The number of rotatable bonds is 8. The molecule has 1 aliphatic heterocycles. The summed E-state index contributed by atoms with van der Waals surface area (Å²) >= 11 is 0. The number of likely N-dealkylation sites (tertiary alicyclic amines) is 1. The van der Waals surface area contributed by atoms with Gasteiger partial charge in [0.25, 0.3) is 11.8 Å². The number of nitrogens with one attached hydrogen (secondary N) is 2. The number of piperidine rings is 1. The highest BCUT2D eigenvalue weighted by atomic mass is 16.5. The van der Waals surface area contributed by atoms with E-state index in [-0.39, 0.29) is 23.6 Å². The summed E-state index contributed by atoms with van der Waals surface area (Å²) in [6.07, 6.45) is 1.27. The molecule has 0 bridgehead atoms. The molecule has 176 valence electrons. The zero-order chi connectivity index (χ0) is 23.8. The molecule has 1 heterocycles. The Labute approximate surface area is 195 Å². The quantitative estimate of drug-likeness (QED) is 0.604. The first kappa shape index (κ1) is 24.5. The molecular weight excluding hydrogens is 418 g/mol. The topological polar surface area (TPSA) is 87.7 Å². The van der Waals surface area contributed by atoms with Crippen LogP contribution in [0.15, 0.2) is 48.5 Å². The van der Waals surface area contributed by atoms with Gasteiger partial charge in [-0.1, -0.05) is 35.9 Å². The fraction of sp³-hybridized carbons (Fsp3) is 0.423. The van der Waals surface area contributed by atoms with Crippen molar-refractivity contribution in [2.75, 3.05) is 33.4 Å². The maximum absolute atomic E-state index is 13.0. The van der Waals surface area contributed by atoms with Crippen LogP contribution in [0.4, 0.5) is 0 Å². The predicted octanol–water partition coefficient (Wildman–Crippen LogP) is 2.72. The number of amides is 3. The van der Waals surface area contributed by atoms with Crippen molar-refractivity contribution in [1.82, 2.24) is 15.5 Å². The van der Waals surface area contributed by atoms with E-state index in [9.17, 15) is 14.4 Å². The van der Waals surface area contributed by atoms with Gasteiger partial charge in [-0.2, -0.15) is 0 Å².